The number of rotatable bonds is 4. The number of hydrogen-bond donors (Lipinski definition) is 2. The zero-order chi connectivity index (χ0) is 26.3. The summed E-state index contributed by atoms with van der Waals surface area (Å²) in [5.41, 5.74) is 6.88. The van der Waals surface area contributed by atoms with Crippen LogP contribution in [-0.4, -0.2) is 81.5 Å². The van der Waals surface area contributed by atoms with Crippen LogP contribution in [0.1, 0.15) is 28.8 Å². The third kappa shape index (κ3) is 4.57. The number of imidazole rings is 1. The van der Waals surface area contributed by atoms with E-state index in [0.29, 0.717) is 18.0 Å². The SMILES string of the molecule is O=C1Cc2cc(-c3cnc4ccc(-c5ccc(C(=O)N6CCC(N7CCNCC7)CC6)cc5)nn34)ccc2N1. The molecule has 0 aliphatic carbocycles. The van der Waals surface area contributed by atoms with Gasteiger partial charge in [-0.2, -0.15) is 5.10 Å². The normalized spacial score (nSPS) is 18.4. The number of fused-ring (bicyclic) bond motifs is 2. The van der Waals surface area contributed by atoms with Crippen LogP contribution in [0.25, 0.3) is 28.2 Å². The molecule has 198 valence electrons. The van der Waals surface area contributed by atoms with Crippen molar-refractivity contribution in [3.05, 3.63) is 71.9 Å². The van der Waals surface area contributed by atoms with Gasteiger partial charge in [0.25, 0.3) is 5.91 Å². The van der Waals surface area contributed by atoms with Crippen molar-refractivity contribution in [1.82, 2.24) is 29.7 Å². The Hall–Kier alpha value is -4.08. The third-order valence-corrected chi connectivity index (χ3v) is 8.24. The lowest BCUT2D eigenvalue weighted by Gasteiger charge is -2.40. The van der Waals surface area contributed by atoms with Gasteiger partial charge in [-0.25, -0.2) is 9.50 Å². The van der Waals surface area contributed by atoms with Crippen molar-refractivity contribution >= 4 is 23.1 Å². The van der Waals surface area contributed by atoms with Crippen LogP contribution in [0.4, 0.5) is 5.69 Å². The Bertz CT molecular complexity index is 1550. The van der Waals surface area contributed by atoms with Gasteiger partial charge in [0, 0.05) is 67.7 Å². The molecular weight excluding hydrogens is 490 g/mol. The predicted octanol–water partition coefficient (Wildman–Crippen LogP) is 3.07. The number of anilines is 1. The lowest BCUT2D eigenvalue weighted by Crippen LogP contribution is -2.52. The minimum Gasteiger partial charge on any atom is -0.339 e. The third-order valence-electron chi connectivity index (χ3n) is 8.24. The quantitative estimate of drug-likeness (QED) is 0.429. The zero-order valence-corrected chi connectivity index (χ0v) is 21.8. The number of piperazine rings is 1. The van der Waals surface area contributed by atoms with Gasteiger partial charge in [0.2, 0.25) is 5.91 Å². The van der Waals surface area contributed by atoms with E-state index in [4.69, 9.17) is 5.10 Å². The maximum atomic E-state index is 13.2. The minimum absolute atomic E-state index is 0.0160. The Morgan fingerprint density at radius 3 is 2.46 bits per heavy atom. The second-order valence-corrected chi connectivity index (χ2v) is 10.6. The monoisotopic (exact) mass is 521 g/mol. The Kier molecular flexibility index (Phi) is 6.09. The molecule has 9 heteroatoms. The van der Waals surface area contributed by atoms with Crippen molar-refractivity contribution in [3.63, 3.8) is 0 Å². The molecule has 2 aromatic heterocycles. The van der Waals surface area contributed by atoms with E-state index in [2.05, 4.69) is 20.5 Å². The van der Waals surface area contributed by atoms with Gasteiger partial charge in [-0.1, -0.05) is 18.2 Å². The van der Waals surface area contributed by atoms with Gasteiger partial charge in [-0.05, 0) is 54.8 Å². The first kappa shape index (κ1) is 24.0. The number of amides is 2. The molecule has 39 heavy (non-hydrogen) atoms. The van der Waals surface area contributed by atoms with Gasteiger partial charge in [-0.3, -0.25) is 14.5 Å². The van der Waals surface area contributed by atoms with Crippen molar-refractivity contribution in [2.75, 3.05) is 44.6 Å². The molecule has 0 saturated carbocycles. The summed E-state index contributed by atoms with van der Waals surface area (Å²) in [5.74, 6) is 0.118. The number of benzene rings is 2. The van der Waals surface area contributed by atoms with E-state index in [1.807, 2.05) is 70.2 Å². The molecule has 3 aliphatic rings. The number of piperidine rings is 1. The van der Waals surface area contributed by atoms with Crippen molar-refractivity contribution in [3.8, 4) is 22.5 Å². The average Bonchev–Trinajstić information content (AvgIpc) is 3.59. The highest BCUT2D eigenvalue weighted by Gasteiger charge is 2.28. The van der Waals surface area contributed by atoms with Crippen molar-refractivity contribution in [1.29, 1.82) is 0 Å². The first-order valence-electron chi connectivity index (χ1n) is 13.7. The molecule has 5 heterocycles. The molecule has 9 nitrogen and oxygen atoms in total. The number of nitrogens with zero attached hydrogens (tertiary/aromatic N) is 5. The van der Waals surface area contributed by atoms with E-state index < -0.39 is 0 Å². The number of carbonyl (C=O) groups is 2. The van der Waals surface area contributed by atoms with Crippen LogP contribution in [0.15, 0.2) is 60.8 Å². The van der Waals surface area contributed by atoms with Gasteiger partial charge < -0.3 is 15.5 Å². The topological polar surface area (TPSA) is 94.9 Å². The van der Waals surface area contributed by atoms with E-state index in [1.165, 1.54) is 0 Å². The molecule has 2 fully saturated rings. The highest BCUT2D eigenvalue weighted by molar-refractivity contribution is 5.99. The fourth-order valence-electron chi connectivity index (χ4n) is 6.06. The fourth-order valence-corrected chi connectivity index (χ4v) is 6.06. The van der Waals surface area contributed by atoms with E-state index >= 15 is 0 Å². The molecule has 0 radical (unpaired) electrons. The van der Waals surface area contributed by atoms with Gasteiger partial charge in [0.1, 0.15) is 0 Å². The first-order valence-corrected chi connectivity index (χ1v) is 13.7. The molecule has 2 saturated heterocycles. The second kappa shape index (κ2) is 9.91. The fraction of sp³-hybridized carbons (Fsp3) is 0.333. The van der Waals surface area contributed by atoms with E-state index in [1.54, 1.807) is 0 Å². The standard InChI is InChI=1S/C30H31N7O2/c38-29-18-23-17-22(5-6-25(23)33-29)27-19-32-28-8-7-26(34-37(27)28)20-1-3-21(4-2-20)30(39)36-13-9-24(10-14-36)35-15-11-31-12-16-35/h1-8,17,19,24,31H,9-16,18H2,(H,33,38). The molecule has 2 amide bonds. The number of carbonyl (C=O) groups excluding carboxylic acids is 2. The van der Waals surface area contributed by atoms with Gasteiger partial charge >= 0.3 is 0 Å². The molecule has 0 bridgehead atoms. The Morgan fingerprint density at radius 2 is 1.67 bits per heavy atom. The Labute approximate surface area is 226 Å². The summed E-state index contributed by atoms with van der Waals surface area (Å²) >= 11 is 0. The van der Waals surface area contributed by atoms with Crippen LogP contribution in [0.2, 0.25) is 0 Å². The molecule has 0 unspecified atom stereocenters. The number of nitrogens with one attached hydrogen (secondary N) is 2. The number of hydrogen-bond acceptors (Lipinski definition) is 6. The highest BCUT2D eigenvalue weighted by atomic mass is 16.2. The van der Waals surface area contributed by atoms with E-state index in [0.717, 1.165) is 91.5 Å². The summed E-state index contributed by atoms with van der Waals surface area (Å²) in [6, 6.07) is 18.2. The predicted molar refractivity (Wildman–Crippen MR) is 150 cm³/mol. The molecule has 0 spiro atoms. The summed E-state index contributed by atoms with van der Waals surface area (Å²) in [5, 5.41) is 11.2. The average molecular weight is 522 g/mol. The molecule has 2 aromatic carbocycles. The molecular formula is C30H31N7O2. The van der Waals surface area contributed by atoms with Crippen LogP contribution in [-0.2, 0) is 11.2 Å². The molecule has 2 N–H and O–H groups in total. The largest absolute Gasteiger partial charge is 0.339 e. The van der Waals surface area contributed by atoms with Gasteiger partial charge in [0.05, 0.1) is 24.0 Å². The van der Waals surface area contributed by atoms with Gasteiger partial charge in [-0.15, -0.1) is 0 Å². The molecule has 3 aliphatic heterocycles. The van der Waals surface area contributed by atoms with Crippen LogP contribution in [0.5, 0.6) is 0 Å². The van der Waals surface area contributed by atoms with Crippen LogP contribution in [0, 0.1) is 0 Å². The van der Waals surface area contributed by atoms with Crippen molar-refractivity contribution in [2.24, 2.45) is 0 Å². The molecule has 7 rings (SSSR count). The highest BCUT2D eigenvalue weighted by Crippen LogP contribution is 2.30. The summed E-state index contributed by atoms with van der Waals surface area (Å²) in [7, 11) is 0. The van der Waals surface area contributed by atoms with Crippen LogP contribution < -0.4 is 10.6 Å². The second-order valence-electron chi connectivity index (χ2n) is 10.6. The molecule has 4 aromatic rings. The van der Waals surface area contributed by atoms with Crippen molar-refractivity contribution in [2.45, 2.75) is 25.3 Å². The number of aromatic nitrogens is 3. The summed E-state index contributed by atoms with van der Waals surface area (Å²) in [6.07, 6.45) is 4.28. The Morgan fingerprint density at radius 1 is 0.897 bits per heavy atom. The summed E-state index contributed by atoms with van der Waals surface area (Å²) in [6.45, 7) is 5.94. The first-order chi connectivity index (χ1) is 19.1. The number of likely N-dealkylation sites (tertiary alicyclic amines) is 1. The summed E-state index contributed by atoms with van der Waals surface area (Å²) < 4.78 is 1.84. The van der Waals surface area contributed by atoms with E-state index in [9.17, 15) is 9.59 Å². The molecule has 0 atom stereocenters. The van der Waals surface area contributed by atoms with Crippen LogP contribution >= 0.6 is 0 Å². The lowest BCUT2D eigenvalue weighted by atomic mass is 10.0. The van der Waals surface area contributed by atoms with Crippen molar-refractivity contribution < 1.29 is 9.59 Å². The summed E-state index contributed by atoms with van der Waals surface area (Å²) in [4.78, 5) is 34.1. The maximum Gasteiger partial charge on any atom is 0.253 e. The Balaban J connectivity index is 1.07. The van der Waals surface area contributed by atoms with E-state index in [-0.39, 0.29) is 11.8 Å². The minimum atomic E-state index is 0.0160. The maximum absolute atomic E-state index is 13.2. The van der Waals surface area contributed by atoms with Gasteiger partial charge in [0.15, 0.2) is 5.65 Å². The lowest BCUT2D eigenvalue weighted by molar-refractivity contribution is -0.115. The zero-order valence-electron chi connectivity index (χ0n) is 21.8. The smallest absolute Gasteiger partial charge is 0.253 e. The van der Waals surface area contributed by atoms with Crippen LogP contribution in [0.3, 0.4) is 0 Å².